The van der Waals surface area contributed by atoms with Crippen LogP contribution in [0, 0.1) is 0 Å². The van der Waals surface area contributed by atoms with Crippen molar-refractivity contribution in [3.05, 3.63) is 138 Å². The zero-order valence-electron chi connectivity index (χ0n) is 28.1. The standard InChI is InChI=1S/C42H35NO6S/c1-46-28-9-17-34-36(35-18-10-29(47-2)23-38(35)37(34)22-28)21-26-5-13-32(14-6-26)50(44,45)33-15-7-27(8-16-33)43-41-19-11-30(48-3)24-39(41)40-25-31(49-4)12-20-42(40)43/h5-20,22-25,36H,21H2,1-4H3. The van der Waals surface area contributed by atoms with Gasteiger partial charge in [-0.15, -0.1) is 0 Å². The predicted octanol–water partition coefficient (Wildman–Crippen LogP) is 9.01. The van der Waals surface area contributed by atoms with Crippen LogP contribution < -0.4 is 18.9 Å². The number of fused-ring (bicyclic) bond motifs is 6. The molecular weight excluding hydrogens is 647 g/mol. The topological polar surface area (TPSA) is 76.0 Å². The maximum absolute atomic E-state index is 13.8. The van der Waals surface area contributed by atoms with Crippen molar-refractivity contribution in [1.29, 1.82) is 0 Å². The van der Waals surface area contributed by atoms with E-state index in [-0.39, 0.29) is 15.7 Å². The Morgan fingerprint density at radius 2 is 0.940 bits per heavy atom. The van der Waals surface area contributed by atoms with Crippen LogP contribution in [0.2, 0.25) is 0 Å². The highest BCUT2D eigenvalue weighted by Crippen LogP contribution is 2.48. The molecule has 0 saturated carbocycles. The summed E-state index contributed by atoms with van der Waals surface area (Å²) in [5.41, 5.74) is 8.55. The third-order valence-electron chi connectivity index (χ3n) is 9.82. The molecule has 0 spiro atoms. The first-order valence-corrected chi connectivity index (χ1v) is 17.8. The van der Waals surface area contributed by atoms with Gasteiger partial charge in [0.15, 0.2) is 0 Å². The van der Waals surface area contributed by atoms with Gasteiger partial charge in [0, 0.05) is 22.4 Å². The van der Waals surface area contributed by atoms with Crippen molar-refractivity contribution in [2.45, 2.75) is 22.1 Å². The van der Waals surface area contributed by atoms with E-state index in [1.165, 1.54) is 11.1 Å². The summed E-state index contributed by atoms with van der Waals surface area (Å²) in [6.45, 7) is 0. The van der Waals surface area contributed by atoms with Crippen LogP contribution >= 0.6 is 0 Å². The molecule has 8 rings (SSSR count). The zero-order chi connectivity index (χ0) is 34.6. The number of aromatic nitrogens is 1. The largest absolute Gasteiger partial charge is 0.497 e. The molecule has 1 heterocycles. The molecule has 0 radical (unpaired) electrons. The van der Waals surface area contributed by atoms with Crippen LogP contribution in [0.1, 0.15) is 22.6 Å². The lowest BCUT2D eigenvalue weighted by atomic mass is 9.90. The Labute approximate surface area is 291 Å². The first kappa shape index (κ1) is 31.5. The number of hydrogen-bond donors (Lipinski definition) is 0. The number of methoxy groups -OCH3 is 4. The van der Waals surface area contributed by atoms with Crippen molar-refractivity contribution < 1.29 is 27.4 Å². The van der Waals surface area contributed by atoms with Crippen molar-refractivity contribution in [2.75, 3.05) is 28.4 Å². The molecular formula is C42H35NO6S. The van der Waals surface area contributed by atoms with E-state index >= 15 is 0 Å². The number of rotatable bonds is 9. The average Bonchev–Trinajstić information content (AvgIpc) is 3.65. The molecule has 1 aliphatic rings. The van der Waals surface area contributed by atoms with Crippen LogP contribution in [0.15, 0.2) is 131 Å². The Bertz CT molecular complexity index is 2400. The van der Waals surface area contributed by atoms with Gasteiger partial charge in [0.1, 0.15) is 23.0 Å². The first-order valence-electron chi connectivity index (χ1n) is 16.3. The van der Waals surface area contributed by atoms with Crippen molar-refractivity contribution >= 4 is 31.6 Å². The quantitative estimate of drug-likeness (QED) is 0.151. The molecule has 1 aliphatic carbocycles. The fourth-order valence-corrected chi connectivity index (χ4v) is 8.51. The third-order valence-corrected chi connectivity index (χ3v) is 11.6. The lowest BCUT2D eigenvalue weighted by molar-refractivity contribution is 0.414. The van der Waals surface area contributed by atoms with Gasteiger partial charge in [-0.05, 0) is 131 Å². The van der Waals surface area contributed by atoms with Crippen molar-refractivity contribution in [3.63, 3.8) is 0 Å². The SMILES string of the molecule is COc1ccc2c(c1)-c1cc(OC)ccc1C2Cc1ccc(S(=O)(=O)c2ccc(-n3c4ccc(OC)cc4c4cc(OC)ccc43)cc2)cc1. The lowest BCUT2D eigenvalue weighted by Crippen LogP contribution is -2.04. The summed E-state index contributed by atoms with van der Waals surface area (Å²) in [5.74, 6) is 3.24. The average molecular weight is 682 g/mol. The Morgan fingerprint density at radius 3 is 1.40 bits per heavy atom. The second-order valence-electron chi connectivity index (χ2n) is 12.4. The maximum Gasteiger partial charge on any atom is 0.206 e. The highest BCUT2D eigenvalue weighted by atomic mass is 32.2. The second kappa shape index (κ2) is 12.3. The fourth-order valence-electron chi connectivity index (χ4n) is 7.25. The van der Waals surface area contributed by atoms with Crippen LogP contribution in [-0.2, 0) is 16.3 Å². The lowest BCUT2D eigenvalue weighted by Gasteiger charge is -2.15. The molecule has 8 heteroatoms. The van der Waals surface area contributed by atoms with Crippen LogP contribution in [0.5, 0.6) is 23.0 Å². The summed E-state index contributed by atoms with van der Waals surface area (Å²) in [5, 5.41) is 2.03. The predicted molar refractivity (Wildman–Crippen MR) is 196 cm³/mol. The summed E-state index contributed by atoms with van der Waals surface area (Å²) < 4.78 is 51.9. The van der Waals surface area contributed by atoms with Gasteiger partial charge in [0.25, 0.3) is 0 Å². The van der Waals surface area contributed by atoms with E-state index in [0.29, 0.717) is 0 Å². The van der Waals surface area contributed by atoms with E-state index in [4.69, 9.17) is 18.9 Å². The molecule has 0 amide bonds. The molecule has 0 aliphatic heterocycles. The number of hydrogen-bond acceptors (Lipinski definition) is 6. The van der Waals surface area contributed by atoms with Crippen LogP contribution in [0.4, 0.5) is 0 Å². The minimum Gasteiger partial charge on any atom is -0.497 e. The van der Waals surface area contributed by atoms with Gasteiger partial charge in [0.05, 0.1) is 49.3 Å². The minimum absolute atomic E-state index is 0.120. The molecule has 6 aromatic carbocycles. The van der Waals surface area contributed by atoms with E-state index in [1.807, 2.05) is 72.8 Å². The normalized spacial score (nSPS) is 12.6. The number of sulfone groups is 1. The van der Waals surface area contributed by atoms with E-state index in [1.54, 1.807) is 52.7 Å². The van der Waals surface area contributed by atoms with Gasteiger partial charge >= 0.3 is 0 Å². The van der Waals surface area contributed by atoms with E-state index in [2.05, 4.69) is 28.8 Å². The molecule has 0 N–H and O–H groups in total. The molecule has 0 bridgehead atoms. The molecule has 0 saturated heterocycles. The second-order valence-corrected chi connectivity index (χ2v) is 14.4. The van der Waals surface area contributed by atoms with E-state index < -0.39 is 9.84 Å². The number of benzene rings is 6. The van der Waals surface area contributed by atoms with Gasteiger partial charge in [-0.3, -0.25) is 0 Å². The first-order chi connectivity index (χ1) is 24.3. The van der Waals surface area contributed by atoms with E-state index in [0.717, 1.165) is 73.6 Å². The van der Waals surface area contributed by atoms with Crippen molar-refractivity contribution in [1.82, 2.24) is 4.57 Å². The smallest absolute Gasteiger partial charge is 0.206 e. The molecule has 7 aromatic rings. The minimum atomic E-state index is -3.75. The van der Waals surface area contributed by atoms with Gasteiger partial charge in [-0.1, -0.05) is 24.3 Å². The Hall–Kier alpha value is -5.73. The highest BCUT2D eigenvalue weighted by molar-refractivity contribution is 7.91. The highest BCUT2D eigenvalue weighted by Gasteiger charge is 2.30. The third kappa shape index (κ3) is 5.15. The summed E-state index contributed by atoms with van der Waals surface area (Å²) >= 11 is 0. The maximum atomic E-state index is 13.8. The van der Waals surface area contributed by atoms with Crippen molar-refractivity contribution in [3.8, 4) is 39.8 Å². The molecule has 7 nitrogen and oxygen atoms in total. The van der Waals surface area contributed by atoms with Crippen molar-refractivity contribution in [2.24, 2.45) is 0 Å². The number of nitrogens with zero attached hydrogens (tertiary/aromatic N) is 1. The Morgan fingerprint density at radius 1 is 0.520 bits per heavy atom. The monoisotopic (exact) mass is 681 g/mol. The molecule has 250 valence electrons. The summed E-state index contributed by atoms with van der Waals surface area (Å²) in [7, 11) is 2.89. The van der Waals surface area contributed by atoms with E-state index in [9.17, 15) is 8.42 Å². The van der Waals surface area contributed by atoms with Gasteiger partial charge < -0.3 is 23.5 Å². The molecule has 1 aromatic heterocycles. The molecule has 0 atom stereocenters. The Kier molecular flexibility index (Phi) is 7.76. The summed E-state index contributed by atoms with van der Waals surface area (Å²) in [6, 6.07) is 38.6. The molecule has 0 unspecified atom stereocenters. The van der Waals surface area contributed by atoms with Gasteiger partial charge in [-0.2, -0.15) is 0 Å². The summed E-state index contributed by atoms with van der Waals surface area (Å²) in [6.07, 6.45) is 0.726. The van der Waals surface area contributed by atoms with Crippen LogP contribution in [-0.4, -0.2) is 41.4 Å². The molecule has 0 fully saturated rings. The molecule has 50 heavy (non-hydrogen) atoms. The van der Waals surface area contributed by atoms with Gasteiger partial charge in [-0.25, -0.2) is 8.42 Å². The van der Waals surface area contributed by atoms with Crippen LogP contribution in [0.3, 0.4) is 0 Å². The zero-order valence-corrected chi connectivity index (χ0v) is 29.0. The Balaban J connectivity index is 1.09. The summed E-state index contributed by atoms with van der Waals surface area (Å²) in [4.78, 5) is 0.492. The fraction of sp³-hybridized carbons (Fsp3) is 0.143. The number of ether oxygens (including phenoxy) is 4. The van der Waals surface area contributed by atoms with Gasteiger partial charge in [0.2, 0.25) is 9.84 Å². The van der Waals surface area contributed by atoms with Crippen LogP contribution in [0.25, 0.3) is 38.6 Å².